The van der Waals surface area contributed by atoms with Gasteiger partial charge in [0.1, 0.15) is 11.6 Å². The fraction of sp³-hybridized carbons (Fsp3) is 0.267. The monoisotopic (exact) mass is 262 g/mol. The Morgan fingerprint density at radius 2 is 1.79 bits per heavy atom. The SMILES string of the molecule is CNC(Cc1cc(F)cc(F)c1)c1cncc(C)c1. The van der Waals surface area contributed by atoms with E-state index in [1.165, 1.54) is 12.1 Å². The highest BCUT2D eigenvalue weighted by Crippen LogP contribution is 2.19. The number of hydrogen-bond acceptors (Lipinski definition) is 2. The summed E-state index contributed by atoms with van der Waals surface area (Å²) in [6.45, 7) is 1.96. The molecule has 0 fully saturated rings. The molecule has 19 heavy (non-hydrogen) atoms. The number of halogens is 2. The van der Waals surface area contributed by atoms with E-state index in [0.717, 1.165) is 17.2 Å². The van der Waals surface area contributed by atoms with Crippen molar-refractivity contribution in [3.8, 4) is 0 Å². The molecule has 2 aromatic rings. The molecule has 0 aliphatic heterocycles. The van der Waals surface area contributed by atoms with Crippen molar-refractivity contribution in [3.63, 3.8) is 0 Å². The molecule has 0 amide bonds. The van der Waals surface area contributed by atoms with Crippen LogP contribution in [0.4, 0.5) is 8.78 Å². The summed E-state index contributed by atoms with van der Waals surface area (Å²) in [5, 5.41) is 3.15. The second-order valence-corrected chi connectivity index (χ2v) is 4.62. The van der Waals surface area contributed by atoms with Crippen LogP contribution in [-0.2, 0) is 6.42 Å². The maximum atomic E-state index is 13.2. The van der Waals surface area contributed by atoms with E-state index >= 15 is 0 Å². The molecule has 1 atom stereocenters. The van der Waals surface area contributed by atoms with E-state index in [9.17, 15) is 8.78 Å². The predicted molar refractivity (Wildman–Crippen MR) is 70.8 cm³/mol. The number of aryl methyl sites for hydroxylation is 1. The van der Waals surface area contributed by atoms with E-state index in [-0.39, 0.29) is 6.04 Å². The molecule has 1 aromatic heterocycles. The third kappa shape index (κ3) is 3.58. The molecule has 1 unspecified atom stereocenters. The topological polar surface area (TPSA) is 24.9 Å². The van der Waals surface area contributed by atoms with Crippen LogP contribution in [0.2, 0.25) is 0 Å². The molecule has 4 heteroatoms. The van der Waals surface area contributed by atoms with Gasteiger partial charge in [0.25, 0.3) is 0 Å². The Balaban J connectivity index is 2.23. The summed E-state index contributed by atoms with van der Waals surface area (Å²) in [5.74, 6) is -1.10. The minimum atomic E-state index is -0.549. The zero-order valence-electron chi connectivity index (χ0n) is 11.0. The van der Waals surface area contributed by atoms with Crippen molar-refractivity contribution in [1.29, 1.82) is 0 Å². The van der Waals surface area contributed by atoms with Gasteiger partial charge in [-0.25, -0.2) is 8.78 Å². The lowest BCUT2D eigenvalue weighted by molar-refractivity contribution is 0.561. The number of benzene rings is 1. The first-order chi connectivity index (χ1) is 9.08. The summed E-state index contributed by atoms with van der Waals surface area (Å²) in [4.78, 5) is 4.14. The summed E-state index contributed by atoms with van der Waals surface area (Å²) in [6.07, 6.45) is 4.05. The van der Waals surface area contributed by atoms with Crippen LogP contribution in [-0.4, -0.2) is 12.0 Å². The molecule has 0 saturated heterocycles. The van der Waals surface area contributed by atoms with Crippen molar-refractivity contribution in [1.82, 2.24) is 10.3 Å². The van der Waals surface area contributed by atoms with Gasteiger partial charge in [-0.3, -0.25) is 4.98 Å². The second-order valence-electron chi connectivity index (χ2n) is 4.62. The molecule has 1 aromatic carbocycles. The van der Waals surface area contributed by atoms with Crippen LogP contribution in [0.15, 0.2) is 36.7 Å². The van der Waals surface area contributed by atoms with E-state index in [4.69, 9.17) is 0 Å². The molecule has 0 bridgehead atoms. The van der Waals surface area contributed by atoms with Crippen LogP contribution in [0.1, 0.15) is 22.7 Å². The average molecular weight is 262 g/mol. The summed E-state index contributed by atoms with van der Waals surface area (Å²) in [7, 11) is 1.82. The number of rotatable bonds is 4. The van der Waals surface area contributed by atoms with E-state index in [0.29, 0.717) is 12.0 Å². The third-order valence-electron chi connectivity index (χ3n) is 3.01. The highest BCUT2D eigenvalue weighted by Gasteiger charge is 2.12. The minimum Gasteiger partial charge on any atom is -0.313 e. The van der Waals surface area contributed by atoms with Gasteiger partial charge in [0.05, 0.1) is 0 Å². The van der Waals surface area contributed by atoms with Crippen LogP contribution in [0.3, 0.4) is 0 Å². The van der Waals surface area contributed by atoms with Gasteiger partial charge in [-0.2, -0.15) is 0 Å². The Hall–Kier alpha value is -1.81. The highest BCUT2D eigenvalue weighted by atomic mass is 19.1. The van der Waals surface area contributed by atoms with Crippen molar-refractivity contribution in [2.75, 3.05) is 7.05 Å². The zero-order valence-corrected chi connectivity index (χ0v) is 11.0. The van der Waals surface area contributed by atoms with Gasteiger partial charge >= 0.3 is 0 Å². The summed E-state index contributed by atoms with van der Waals surface area (Å²) >= 11 is 0. The Kier molecular flexibility index (Phi) is 4.22. The minimum absolute atomic E-state index is 0.0198. The van der Waals surface area contributed by atoms with Crippen LogP contribution < -0.4 is 5.32 Å². The quantitative estimate of drug-likeness (QED) is 0.915. The molecule has 2 rings (SSSR count). The normalized spacial score (nSPS) is 12.4. The summed E-state index contributed by atoms with van der Waals surface area (Å²) < 4.78 is 26.4. The van der Waals surface area contributed by atoms with Crippen LogP contribution >= 0.6 is 0 Å². The van der Waals surface area contributed by atoms with E-state index in [2.05, 4.69) is 10.3 Å². The molecule has 0 aliphatic carbocycles. The maximum Gasteiger partial charge on any atom is 0.126 e. The Morgan fingerprint density at radius 3 is 2.37 bits per heavy atom. The number of pyridine rings is 1. The molecular formula is C15H16F2N2. The average Bonchev–Trinajstić information content (AvgIpc) is 2.34. The molecule has 1 heterocycles. The van der Waals surface area contributed by atoms with Crippen molar-refractivity contribution in [2.45, 2.75) is 19.4 Å². The van der Waals surface area contributed by atoms with Gasteiger partial charge in [0, 0.05) is 24.5 Å². The first kappa shape index (κ1) is 13.6. The van der Waals surface area contributed by atoms with Crippen molar-refractivity contribution < 1.29 is 8.78 Å². The Morgan fingerprint density at radius 1 is 1.11 bits per heavy atom. The number of hydrogen-bond donors (Lipinski definition) is 1. The third-order valence-corrected chi connectivity index (χ3v) is 3.01. The number of nitrogens with one attached hydrogen (secondary N) is 1. The number of likely N-dealkylation sites (N-methyl/N-ethyl adjacent to an activating group) is 1. The molecule has 0 saturated carbocycles. The van der Waals surface area contributed by atoms with E-state index in [1.807, 2.05) is 20.0 Å². The molecule has 2 nitrogen and oxygen atoms in total. The molecule has 100 valence electrons. The zero-order chi connectivity index (χ0) is 13.8. The van der Waals surface area contributed by atoms with Crippen molar-refractivity contribution >= 4 is 0 Å². The Labute approximate surface area is 111 Å². The van der Waals surface area contributed by atoms with Gasteiger partial charge in [-0.1, -0.05) is 6.07 Å². The van der Waals surface area contributed by atoms with Gasteiger partial charge in [-0.15, -0.1) is 0 Å². The fourth-order valence-corrected chi connectivity index (χ4v) is 2.12. The molecule has 0 aliphatic rings. The van der Waals surface area contributed by atoms with E-state index in [1.54, 1.807) is 12.4 Å². The largest absolute Gasteiger partial charge is 0.313 e. The summed E-state index contributed by atoms with van der Waals surface area (Å²) in [6, 6.07) is 5.59. The lowest BCUT2D eigenvalue weighted by Gasteiger charge is -2.17. The molecule has 1 N–H and O–H groups in total. The first-order valence-electron chi connectivity index (χ1n) is 6.12. The molecular weight excluding hydrogens is 246 g/mol. The van der Waals surface area contributed by atoms with Crippen molar-refractivity contribution in [2.24, 2.45) is 0 Å². The lowest BCUT2D eigenvalue weighted by atomic mass is 9.99. The van der Waals surface area contributed by atoms with E-state index < -0.39 is 11.6 Å². The van der Waals surface area contributed by atoms with Crippen LogP contribution in [0.5, 0.6) is 0 Å². The second kappa shape index (κ2) is 5.89. The van der Waals surface area contributed by atoms with Crippen LogP contribution in [0.25, 0.3) is 0 Å². The fourth-order valence-electron chi connectivity index (χ4n) is 2.12. The first-order valence-corrected chi connectivity index (χ1v) is 6.12. The van der Waals surface area contributed by atoms with Gasteiger partial charge in [0.15, 0.2) is 0 Å². The lowest BCUT2D eigenvalue weighted by Crippen LogP contribution is -2.19. The molecule has 0 spiro atoms. The Bertz CT molecular complexity index is 550. The van der Waals surface area contributed by atoms with Gasteiger partial charge in [0.2, 0.25) is 0 Å². The van der Waals surface area contributed by atoms with Crippen molar-refractivity contribution in [3.05, 3.63) is 65.0 Å². The van der Waals surface area contributed by atoms with Crippen LogP contribution in [0, 0.1) is 18.6 Å². The summed E-state index contributed by atoms with van der Waals surface area (Å²) in [5.41, 5.74) is 2.69. The maximum absolute atomic E-state index is 13.2. The molecule has 0 radical (unpaired) electrons. The standard InChI is InChI=1S/C15H16F2N2/c1-10-3-12(9-19-8-10)15(18-2)6-11-4-13(16)7-14(17)5-11/h3-5,7-9,15,18H,6H2,1-2H3. The smallest absolute Gasteiger partial charge is 0.126 e. The highest BCUT2D eigenvalue weighted by molar-refractivity contribution is 5.25. The van der Waals surface area contributed by atoms with Gasteiger partial charge < -0.3 is 5.32 Å². The van der Waals surface area contributed by atoms with Gasteiger partial charge in [-0.05, 0) is 49.2 Å². The number of nitrogens with zero attached hydrogens (tertiary/aromatic N) is 1. The predicted octanol–water partition coefficient (Wildman–Crippen LogP) is 3.17. The number of aromatic nitrogens is 1.